The Morgan fingerprint density at radius 1 is 1.42 bits per heavy atom. The standard InChI is InChI=1S/C13H12ClNO3S/c1-7-4-9(6-16)8(2)15(7)12-10(13(17)18-3)5-11(14)19-12/h4-6H,1-3H3. The molecule has 2 aromatic heterocycles. The molecule has 2 heterocycles. The highest BCUT2D eigenvalue weighted by Crippen LogP contribution is 2.33. The summed E-state index contributed by atoms with van der Waals surface area (Å²) in [5.41, 5.74) is 2.63. The van der Waals surface area contributed by atoms with E-state index >= 15 is 0 Å². The molecule has 4 nitrogen and oxygen atoms in total. The molecule has 2 rings (SSSR count). The lowest BCUT2D eigenvalue weighted by atomic mass is 10.3. The molecular weight excluding hydrogens is 286 g/mol. The maximum atomic E-state index is 11.8. The number of aldehydes is 1. The van der Waals surface area contributed by atoms with Crippen molar-refractivity contribution in [1.82, 2.24) is 4.57 Å². The van der Waals surface area contributed by atoms with Gasteiger partial charge in [-0.05, 0) is 26.0 Å². The quantitative estimate of drug-likeness (QED) is 0.644. The molecule has 0 saturated carbocycles. The summed E-state index contributed by atoms with van der Waals surface area (Å²) in [6, 6.07) is 3.35. The van der Waals surface area contributed by atoms with Crippen LogP contribution < -0.4 is 0 Å². The molecule has 0 amide bonds. The monoisotopic (exact) mass is 297 g/mol. The van der Waals surface area contributed by atoms with E-state index < -0.39 is 5.97 Å². The van der Waals surface area contributed by atoms with Crippen molar-refractivity contribution >= 4 is 35.2 Å². The van der Waals surface area contributed by atoms with Crippen LogP contribution in [-0.4, -0.2) is 23.9 Å². The molecule has 0 fully saturated rings. The number of methoxy groups -OCH3 is 1. The molecule has 0 aliphatic rings. The average Bonchev–Trinajstić information content (AvgIpc) is 2.88. The van der Waals surface area contributed by atoms with E-state index in [9.17, 15) is 9.59 Å². The number of aryl methyl sites for hydroxylation is 1. The Bertz CT molecular complexity index is 657. The van der Waals surface area contributed by atoms with Crippen molar-refractivity contribution in [3.05, 3.63) is 39.0 Å². The molecule has 19 heavy (non-hydrogen) atoms. The highest BCUT2D eigenvalue weighted by atomic mass is 35.5. The molecule has 0 N–H and O–H groups in total. The SMILES string of the molecule is COC(=O)c1cc(Cl)sc1-n1c(C)cc(C=O)c1C. The second-order valence-electron chi connectivity index (χ2n) is 4.04. The fraction of sp³-hybridized carbons (Fsp3) is 0.231. The highest BCUT2D eigenvalue weighted by molar-refractivity contribution is 7.18. The van der Waals surface area contributed by atoms with Crippen LogP contribution in [0.2, 0.25) is 4.34 Å². The predicted octanol–water partition coefficient (Wildman–Crippen LogP) is 3.41. The first kappa shape index (κ1) is 13.8. The van der Waals surface area contributed by atoms with Crippen molar-refractivity contribution in [2.75, 3.05) is 7.11 Å². The van der Waals surface area contributed by atoms with Gasteiger partial charge in [0.05, 0.1) is 17.0 Å². The Kier molecular flexibility index (Phi) is 3.78. The molecule has 0 radical (unpaired) electrons. The van der Waals surface area contributed by atoms with Gasteiger partial charge in [-0.25, -0.2) is 4.79 Å². The number of carbonyl (C=O) groups excluding carboxylic acids is 2. The summed E-state index contributed by atoms with van der Waals surface area (Å²) >= 11 is 7.26. The second kappa shape index (κ2) is 5.19. The van der Waals surface area contributed by atoms with E-state index in [-0.39, 0.29) is 0 Å². The van der Waals surface area contributed by atoms with Gasteiger partial charge in [-0.15, -0.1) is 11.3 Å². The molecule has 0 unspecified atom stereocenters. The minimum Gasteiger partial charge on any atom is -0.465 e. The molecule has 0 atom stereocenters. The van der Waals surface area contributed by atoms with Gasteiger partial charge < -0.3 is 9.30 Å². The number of halogens is 1. The molecule has 0 spiro atoms. The third-order valence-electron chi connectivity index (χ3n) is 2.89. The Hall–Kier alpha value is -1.59. The summed E-state index contributed by atoms with van der Waals surface area (Å²) in [5, 5.41) is 0.667. The largest absolute Gasteiger partial charge is 0.465 e. The van der Waals surface area contributed by atoms with Gasteiger partial charge >= 0.3 is 5.97 Å². The lowest BCUT2D eigenvalue weighted by molar-refractivity contribution is 0.0601. The molecule has 0 aliphatic carbocycles. The van der Waals surface area contributed by atoms with Gasteiger partial charge in [0.1, 0.15) is 5.00 Å². The minimum absolute atomic E-state index is 0.400. The lowest BCUT2D eigenvalue weighted by Crippen LogP contribution is -2.06. The van der Waals surface area contributed by atoms with Gasteiger partial charge in [0.25, 0.3) is 0 Å². The maximum absolute atomic E-state index is 11.8. The van der Waals surface area contributed by atoms with E-state index in [4.69, 9.17) is 16.3 Å². The first-order chi connectivity index (χ1) is 8.99. The number of carbonyl (C=O) groups is 2. The van der Waals surface area contributed by atoms with Crippen molar-refractivity contribution in [3.63, 3.8) is 0 Å². The summed E-state index contributed by atoms with van der Waals surface area (Å²) in [7, 11) is 1.32. The molecular formula is C13H12ClNO3S. The number of esters is 1. The number of rotatable bonds is 3. The van der Waals surface area contributed by atoms with Crippen LogP contribution >= 0.6 is 22.9 Å². The first-order valence-corrected chi connectivity index (χ1v) is 6.71. The average molecular weight is 298 g/mol. The smallest absolute Gasteiger partial charge is 0.340 e. The highest BCUT2D eigenvalue weighted by Gasteiger charge is 2.21. The normalized spacial score (nSPS) is 10.5. The Balaban J connectivity index is 2.69. The van der Waals surface area contributed by atoms with Crippen LogP contribution in [0.25, 0.3) is 5.00 Å². The number of hydrogen-bond donors (Lipinski definition) is 0. The van der Waals surface area contributed by atoms with Gasteiger partial charge in [0, 0.05) is 17.0 Å². The number of nitrogens with zero attached hydrogens (tertiary/aromatic N) is 1. The van der Waals surface area contributed by atoms with Crippen molar-refractivity contribution in [2.24, 2.45) is 0 Å². The van der Waals surface area contributed by atoms with Crippen LogP contribution in [0.4, 0.5) is 0 Å². The zero-order chi connectivity index (χ0) is 14.2. The number of hydrogen-bond acceptors (Lipinski definition) is 4. The zero-order valence-electron chi connectivity index (χ0n) is 10.7. The Morgan fingerprint density at radius 3 is 2.63 bits per heavy atom. The summed E-state index contributed by atoms with van der Waals surface area (Å²) in [6.07, 6.45) is 0.797. The van der Waals surface area contributed by atoms with Crippen molar-refractivity contribution < 1.29 is 14.3 Å². The summed E-state index contributed by atoms with van der Waals surface area (Å²) in [5.74, 6) is -0.446. The zero-order valence-corrected chi connectivity index (χ0v) is 12.3. The molecule has 0 bridgehead atoms. The topological polar surface area (TPSA) is 48.3 Å². The maximum Gasteiger partial charge on any atom is 0.340 e. The van der Waals surface area contributed by atoms with Gasteiger partial charge in [-0.3, -0.25) is 4.79 Å². The number of thiophene rings is 1. The summed E-state index contributed by atoms with van der Waals surface area (Å²) in [4.78, 5) is 22.7. The van der Waals surface area contributed by atoms with Crippen LogP contribution in [0.3, 0.4) is 0 Å². The Morgan fingerprint density at radius 2 is 2.11 bits per heavy atom. The van der Waals surface area contributed by atoms with Crippen molar-refractivity contribution in [3.8, 4) is 5.00 Å². The molecule has 2 aromatic rings. The van der Waals surface area contributed by atoms with Crippen LogP contribution in [0.1, 0.15) is 32.1 Å². The minimum atomic E-state index is -0.446. The summed E-state index contributed by atoms with van der Waals surface area (Å²) < 4.78 is 7.09. The molecule has 0 aromatic carbocycles. The molecule has 100 valence electrons. The van der Waals surface area contributed by atoms with Gasteiger partial charge in [0.15, 0.2) is 6.29 Å². The number of ether oxygens (including phenoxy) is 1. The molecule has 0 aliphatic heterocycles. The lowest BCUT2D eigenvalue weighted by Gasteiger charge is -2.09. The van der Waals surface area contributed by atoms with E-state index in [1.165, 1.54) is 18.4 Å². The first-order valence-electron chi connectivity index (χ1n) is 5.51. The summed E-state index contributed by atoms with van der Waals surface area (Å²) in [6.45, 7) is 3.69. The van der Waals surface area contributed by atoms with Crippen LogP contribution in [-0.2, 0) is 4.74 Å². The third kappa shape index (κ3) is 2.31. The van der Waals surface area contributed by atoms with Crippen LogP contribution in [0, 0.1) is 13.8 Å². The molecule has 0 saturated heterocycles. The van der Waals surface area contributed by atoms with Crippen molar-refractivity contribution in [1.29, 1.82) is 0 Å². The van der Waals surface area contributed by atoms with Crippen LogP contribution in [0.15, 0.2) is 12.1 Å². The molecule has 6 heteroatoms. The number of aromatic nitrogens is 1. The van der Waals surface area contributed by atoms with Crippen LogP contribution in [0.5, 0.6) is 0 Å². The van der Waals surface area contributed by atoms with E-state index in [0.29, 0.717) is 20.5 Å². The van der Waals surface area contributed by atoms with Gasteiger partial charge in [0.2, 0.25) is 0 Å². The van der Waals surface area contributed by atoms with Crippen molar-refractivity contribution in [2.45, 2.75) is 13.8 Å². The third-order valence-corrected chi connectivity index (χ3v) is 4.14. The van der Waals surface area contributed by atoms with Gasteiger partial charge in [-0.1, -0.05) is 11.6 Å². The predicted molar refractivity (Wildman–Crippen MR) is 74.9 cm³/mol. The van der Waals surface area contributed by atoms with Gasteiger partial charge in [-0.2, -0.15) is 0 Å². The fourth-order valence-corrected chi connectivity index (χ4v) is 3.31. The Labute approximate surface area is 119 Å². The fourth-order valence-electron chi connectivity index (χ4n) is 1.99. The van der Waals surface area contributed by atoms with E-state index in [1.807, 2.05) is 18.4 Å². The second-order valence-corrected chi connectivity index (χ2v) is 5.70. The van der Waals surface area contributed by atoms with E-state index in [0.717, 1.165) is 17.7 Å². The van der Waals surface area contributed by atoms with E-state index in [2.05, 4.69) is 0 Å². The van der Waals surface area contributed by atoms with E-state index in [1.54, 1.807) is 12.1 Å².